The zero-order valence-electron chi connectivity index (χ0n) is 8.65. The molecule has 1 heterocycles. The highest BCUT2D eigenvalue weighted by molar-refractivity contribution is 5.20. The van der Waals surface area contributed by atoms with Gasteiger partial charge < -0.3 is 10.5 Å². The Balaban J connectivity index is 1.67. The largest absolute Gasteiger partial charge is 0.494 e. The zero-order chi connectivity index (χ0) is 10.5. The lowest BCUT2D eigenvalue weighted by molar-refractivity contribution is 0.290. The van der Waals surface area contributed by atoms with E-state index in [2.05, 4.69) is 10.9 Å². The second kappa shape index (κ2) is 5.11. The zero-order valence-corrected chi connectivity index (χ0v) is 8.65. The summed E-state index contributed by atoms with van der Waals surface area (Å²) in [6, 6.07) is 10.3. The van der Waals surface area contributed by atoms with Gasteiger partial charge in [0.2, 0.25) is 0 Å². The molecule has 4 N–H and O–H groups in total. The molecule has 15 heavy (non-hydrogen) atoms. The van der Waals surface area contributed by atoms with E-state index in [0.717, 1.165) is 25.2 Å². The summed E-state index contributed by atoms with van der Waals surface area (Å²) < 4.78 is 5.59. The van der Waals surface area contributed by atoms with Crippen LogP contribution in [0.1, 0.15) is 12.8 Å². The minimum atomic E-state index is 0.0757. The second-order valence-corrected chi connectivity index (χ2v) is 3.78. The van der Waals surface area contributed by atoms with Gasteiger partial charge in [-0.3, -0.25) is 5.43 Å². The van der Waals surface area contributed by atoms with Crippen molar-refractivity contribution >= 4 is 0 Å². The molecule has 1 saturated heterocycles. The standard InChI is InChI=1S/C11H17N3O/c12-11-8-9(13-14-11)6-7-15-10-4-2-1-3-5-10/h1-5,9,11,13-14H,6-8,12H2. The molecular formula is C11H17N3O. The van der Waals surface area contributed by atoms with E-state index < -0.39 is 0 Å². The molecular weight excluding hydrogens is 190 g/mol. The number of nitrogens with two attached hydrogens (primary N) is 1. The van der Waals surface area contributed by atoms with Crippen molar-refractivity contribution in [2.24, 2.45) is 5.73 Å². The lowest BCUT2D eigenvalue weighted by Gasteiger charge is -2.10. The Morgan fingerprint density at radius 3 is 2.73 bits per heavy atom. The van der Waals surface area contributed by atoms with E-state index in [4.69, 9.17) is 10.5 Å². The summed E-state index contributed by atoms with van der Waals surface area (Å²) in [6.07, 6.45) is 2.00. The summed E-state index contributed by atoms with van der Waals surface area (Å²) in [5, 5.41) is 0. The van der Waals surface area contributed by atoms with Crippen LogP contribution in [0.15, 0.2) is 30.3 Å². The summed E-state index contributed by atoms with van der Waals surface area (Å²) >= 11 is 0. The predicted molar refractivity (Wildman–Crippen MR) is 59.2 cm³/mol. The highest BCUT2D eigenvalue weighted by atomic mass is 16.5. The lowest BCUT2D eigenvalue weighted by atomic mass is 10.1. The van der Waals surface area contributed by atoms with E-state index in [0.29, 0.717) is 6.04 Å². The van der Waals surface area contributed by atoms with Crippen molar-refractivity contribution in [1.82, 2.24) is 10.9 Å². The van der Waals surface area contributed by atoms with Gasteiger partial charge in [0.1, 0.15) is 5.75 Å². The Labute approximate surface area is 89.8 Å². The highest BCUT2D eigenvalue weighted by Crippen LogP contribution is 2.10. The van der Waals surface area contributed by atoms with Crippen LogP contribution in [-0.2, 0) is 0 Å². The first kappa shape index (κ1) is 10.4. The van der Waals surface area contributed by atoms with Crippen molar-refractivity contribution in [3.63, 3.8) is 0 Å². The van der Waals surface area contributed by atoms with Gasteiger partial charge in [0.15, 0.2) is 0 Å². The van der Waals surface area contributed by atoms with Crippen LogP contribution < -0.4 is 21.3 Å². The molecule has 82 valence electrons. The Morgan fingerprint density at radius 2 is 2.07 bits per heavy atom. The van der Waals surface area contributed by atoms with Crippen LogP contribution in [0, 0.1) is 0 Å². The summed E-state index contributed by atoms with van der Waals surface area (Å²) in [4.78, 5) is 0. The Kier molecular flexibility index (Phi) is 3.55. The number of benzene rings is 1. The van der Waals surface area contributed by atoms with E-state index in [9.17, 15) is 0 Å². The highest BCUT2D eigenvalue weighted by Gasteiger charge is 2.19. The second-order valence-electron chi connectivity index (χ2n) is 3.78. The molecule has 0 aromatic heterocycles. The maximum atomic E-state index is 5.69. The fraction of sp³-hybridized carbons (Fsp3) is 0.455. The average molecular weight is 207 g/mol. The number of hydrazine groups is 1. The third kappa shape index (κ3) is 3.20. The van der Waals surface area contributed by atoms with Crippen molar-refractivity contribution in [3.8, 4) is 5.75 Å². The third-order valence-electron chi connectivity index (χ3n) is 2.49. The van der Waals surface area contributed by atoms with Gasteiger partial charge in [0.05, 0.1) is 12.8 Å². The van der Waals surface area contributed by atoms with E-state index in [1.807, 2.05) is 30.3 Å². The Bertz CT molecular complexity index is 291. The number of rotatable bonds is 4. The fourth-order valence-electron chi connectivity index (χ4n) is 1.68. The average Bonchev–Trinajstić information content (AvgIpc) is 2.66. The first-order chi connectivity index (χ1) is 7.34. The molecule has 0 amide bonds. The molecule has 0 saturated carbocycles. The van der Waals surface area contributed by atoms with Gasteiger partial charge in [-0.1, -0.05) is 18.2 Å². The minimum Gasteiger partial charge on any atom is -0.494 e. The molecule has 2 atom stereocenters. The molecule has 1 fully saturated rings. The summed E-state index contributed by atoms with van der Waals surface area (Å²) in [6.45, 7) is 0.718. The van der Waals surface area contributed by atoms with Crippen LogP contribution in [0.5, 0.6) is 5.75 Å². The predicted octanol–water partition coefficient (Wildman–Crippen LogP) is 0.607. The molecule has 0 radical (unpaired) electrons. The number of nitrogens with one attached hydrogen (secondary N) is 2. The van der Waals surface area contributed by atoms with Crippen molar-refractivity contribution in [3.05, 3.63) is 30.3 Å². The number of para-hydroxylation sites is 1. The van der Waals surface area contributed by atoms with Crippen LogP contribution >= 0.6 is 0 Å². The van der Waals surface area contributed by atoms with Crippen molar-refractivity contribution in [1.29, 1.82) is 0 Å². The molecule has 1 aromatic rings. The maximum Gasteiger partial charge on any atom is 0.119 e. The van der Waals surface area contributed by atoms with E-state index in [1.54, 1.807) is 0 Å². The first-order valence-corrected chi connectivity index (χ1v) is 5.29. The Hall–Kier alpha value is -1.10. The van der Waals surface area contributed by atoms with Gasteiger partial charge in [-0.15, -0.1) is 0 Å². The van der Waals surface area contributed by atoms with Crippen LogP contribution in [0.2, 0.25) is 0 Å². The minimum absolute atomic E-state index is 0.0757. The first-order valence-electron chi connectivity index (χ1n) is 5.29. The van der Waals surface area contributed by atoms with E-state index >= 15 is 0 Å². The lowest BCUT2D eigenvalue weighted by Crippen LogP contribution is -2.37. The van der Waals surface area contributed by atoms with Crippen LogP contribution in [0.4, 0.5) is 0 Å². The molecule has 2 unspecified atom stereocenters. The van der Waals surface area contributed by atoms with Gasteiger partial charge in [-0.2, -0.15) is 0 Å². The third-order valence-corrected chi connectivity index (χ3v) is 2.49. The monoisotopic (exact) mass is 207 g/mol. The van der Waals surface area contributed by atoms with Crippen LogP contribution in [-0.4, -0.2) is 18.8 Å². The smallest absolute Gasteiger partial charge is 0.119 e. The van der Waals surface area contributed by atoms with Gasteiger partial charge in [0.25, 0.3) is 0 Å². The SMILES string of the molecule is NC1CC(CCOc2ccccc2)NN1. The van der Waals surface area contributed by atoms with E-state index in [-0.39, 0.29) is 6.17 Å². The number of hydrogen-bond donors (Lipinski definition) is 3. The van der Waals surface area contributed by atoms with Gasteiger partial charge in [-0.05, 0) is 25.0 Å². The normalized spacial score (nSPS) is 25.4. The molecule has 0 aliphatic carbocycles. The van der Waals surface area contributed by atoms with Crippen molar-refractivity contribution in [2.45, 2.75) is 25.0 Å². The molecule has 4 nitrogen and oxygen atoms in total. The summed E-state index contributed by atoms with van der Waals surface area (Å²) in [5.74, 6) is 0.924. The van der Waals surface area contributed by atoms with Gasteiger partial charge in [0, 0.05) is 6.04 Å². The Morgan fingerprint density at radius 1 is 1.27 bits per heavy atom. The molecule has 1 aliphatic rings. The summed E-state index contributed by atoms with van der Waals surface area (Å²) in [7, 11) is 0. The van der Waals surface area contributed by atoms with Crippen LogP contribution in [0.25, 0.3) is 0 Å². The van der Waals surface area contributed by atoms with E-state index in [1.165, 1.54) is 0 Å². The quantitative estimate of drug-likeness (QED) is 0.677. The molecule has 0 bridgehead atoms. The summed E-state index contributed by atoms with van der Waals surface area (Å²) in [5.41, 5.74) is 11.8. The molecule has 0 spiro atoms. The van der Waals surface area contributed by atoms with Crippen LogP contribution in [0.3, 0.4) is 0 Å². The van der Waals surface area contributed by atoms with Crippen molar-refractivity contribution < 1.29 is 4.74 Å². The van der Waals surface area contributed by atoms with Gasteiger partial charge in [-0.25, -0.2) is 5.43 Å². The molecule has 1 aromatic carbocycles. The van der Waals surface area contributed by atoms with Crippen molar-refractivity contribution in [2.75, 3.05) is 6.61 Å². The topological polar surface area (TPSA) is 59.3 Å². The number of ether oxygens (including phenoxy) is 1. The fourth-order valence-corrected chi connectivity index (χ4v) is 1.68. The molecule has 2 rings (SSSR count). The van der Waals surface area contributed by atoms with Gasteiger partial charge >= 0.3 is 0 Å². The molecule has 4 heteroatoms. The number of hydrogen-bond acceptors (Lipinski definition) is 4. The maximum absolute atomic E-state index is 5.69. The molecule has 1 aliphatic heterocycles.